The first-order valence-corrected chi connectivity index (χ1v) is 49.5. The Labute approximate surface area is 897 Å². The molecule has 13 rings (SSSR count). The fourth-order valence-corrected chi connectivity index (χ4v) is 14.9. The second-order valence-corrected chi connectivity index (χ2v) is 36.8. The van der Waals surface area contributed by atoms with E-state index in [0.29, 0.717) is 147 Å². The summed E-state index contributed by atoms with van der Waals surface area (Å²) in [5.74, 6) is -1.05. The van der Waals surface area contributed by atoms with Gasteiger partial charge in [-0.15, -0.1) is 0 Å². The Morgan fingerprint density at radius 2 is 0.673 bits per heavy atom. The van der Waals surface area contributed by atoms with Gasteiger partial charge >= 0.3 is 60.6 Å². The van der Waals surface area contributed by atoms with E-state index in [4.69, 9.17) is 26.0 Å². The third kappa shape index (κ3) is 54.3. The Kier molecular flexibility index (Phi) is 64.3. The summed E-state index contributed by atoms with van der Waals surface area (Å²) in [6.45, 7) is 45.0. The number of rotatable bonds is 19. The molecule has 3 aromatic heterocycles. The number of hydrogen-bond donors (Lipinski definition) is 5. The van der Waals surface area contributed by atoms with Crippen molar-refractivity contribution in [3.8, 4) is 33.8 Å². The number of aromatic nitrogens is 3. The van der Waals surface area contributed by atoms with Crippen LogP contribution in [0.2, 0.25) is 0 Å². The van der Waals surface area contributed by atoms with Gasteiger partial charge in [0.15, 0.2) is 11.6 Å². The number of carbonyl (C=O) groups excluding carboxylic acids is 13. The number of halogens is 1. The number of esters is 3. The first-order valence-electron chi connectivity index (χ1n) is 48.4. The van der Waals surface area contributed by atoms with Crippen LogP contribution in [0.25, 0.3) is 33.8 Å². The number of methoxy groups -OCH3 is 2. The van der Waals surface area contributed by atoms with Gasteiger partial charge in [0.25, 0.3) is 5.69 Å². The Morgan fingerprint density at radius 3 is 0.953 bits per heavy atom. The van der Waals surface area contributed by atoms with E-state index < -0.39 is 21.4 Å². The van der Waals surface area contributed by atoms with E-state index in [-0.39, 0.29) is 167 Å². The number of benzene rings is 3. The van der Waals surface area contributed by atoms with E-state index in [1.54, 1.807) is 76.2 Å². The van der Waals surface area contributed by atoms with Crippen LogP contribution in [-0.4, -0.2) is 430 Å². The van der Waals surface area contributed by atoms with Gasteiger partial charge in [0.1, 0.15) is 22.2 Å². The summed E-state index contributed by atoms with van der Waals surface area (Å²) < 4.78 is 23.7. The maximum Gasteiger partial charge on any atom is 1.00 e. The summed E-state index contributed by atoms with van der Waals surface area (Å²) in [7, 11) is 2.73. The number of hydrogen-bond acceptors (Lipinski definition) is 35. The zero-order chi connectivity index (χ0) is 109. The zero-order valence-electron chi connectivity index (χ0n) is 89.5. The Hall–Kier alpha value is -13.2. The third-order valence-electron chi connectivity index (χ3n) is 22.6. The fourth-order valence-electron chi connectivity index (χ4n) is 14.6. The molecule has 0 bridgehead atoms. The van der Waals surface area contributed by atoms with Crippen molar-refractivity contribution in [3.05, 3.63) is 159 Å². The number of nitrogens with two attached hydrogens (primary N) is 2. The third-order valence-corrected chi connectivity index (χ3v) is 23.1. The summed E-state index contributed by atoms with van der Waals surface area (Å²) in [5, 5.41) is 37.1. The largest absolute Gasteiger partial charge is 1.00 e. The molecule has 3 aromatic carbocycles. The van der Waals surface area contributed by atoms with Gasteiger partial charge in [-0.05, 0) is 72.7 Å². The summed E-state index contributed by atoms with van der Waals surface area (Å²) in [6.07, 6.45) is -0.367. The van der Waals surface area contributed by atoms with Gasteiger partial charge in [-0.3, -0.25) is 102 Å². The first-order chi connectivity index (χ1) is 69.5. The molecule has 49 heteroatoms. The summed E-state index contributed by atoms with van der Waals surface area (Å²) in [5.41, 5.74) is 16.5. The minimum atomic E-state index is -0.809. The first kappa shape index (κ1) is 135. The monoisotopic (exact) mass is 2160 g/mol. The molecule has 7 aliphatic rings. The number of anilines is 2. The SMILES string of the molecule is CC(=O)N1CCN(C(=O)OC(C)(C)C)CC1.CC(=O)N1CCN(CC(=O)Cc2nc(-c3ccccc3)ccc2N)CC1.CC(=O)N1CCN(CC(=O)Cc2nc(-c3ccccc3)ccc2[N+](=O)[O-])CC1.CC(=O)N1CCN(CC(=O)O)CC1.CC(=O)N1CCNCC1.CC(C)(C)OC(=O)N1CCNCC1.CCOC(C)=O.COC(=O)CBr.COC(=O)CN1CCN(C(C)=O)CC1.Nc1nc(-c2ccccc2)ccc1[N+](=O)[O-].O.[Li+].[OH-]. The molecular weight excluding hydrogens is 2010 g/mol. The van der Waals surface area contributed by atoms with E-state index in [0.717, 1.165) is 101 Å². The van der Waals surface area contributed by atoms with Gasteiger partial charge in [-0.2, -0.15) is 0 Å². The van der Waals surface area contributed by atoms with Crippen LogP contribution in [0.4, 0.5) is 32.5 Å². The molecule has 8 amide bonds. The number of nitrogens with zero attached hydrogens (tertiary/aromatic N) is 17. The van der Waals surface area contributed by atoms with Crippen LogP contribution < -0.4 is 41.0 Å². The molecule has 0 unspecified atom stereocenters. The van der Waals surface area contributed by atoms with Crippen LogP contribution in [0.15, 0.2) is 127 Å². The van der Waals surface area contributed by atoms with Gasteiger partial charge in [0.05, 0.1) is 98.2 Å². The molecule has 0 radical (unpaired) electrons. The van der Waals surface area contributed by atoms with E-state index in [2.05, 4.69) is 60.6 Å². The number of nitro groups is 2. The van der Waals surface area contributed by atoms with E-state index in [1.807, 2.05) is 169 Å². The van der Waals surface area contributed by atoms with Crippen molar-refractivity contribution in [3.63, 3.8) is 0 Å². The molecule has 47 nitrogen and oxygen atoms in total. The van der Waals surface area contributed by atoms with Crippen molar-refractivity contribution >= 4 is 122 Å². The molecule has 0 aliphatic carbocycles. The number of nitrogen functional groups attached to an aromatic ring is 2. The maximum atomic E-state index is 12.5. The minimum Gasteiger partial charge on any atom is -0.870 e. The topological polar surface area (TPSA) is 607 Å². The number of carboxylic acid groups (broad SMARTS) is 1. The molecule has 6 aromatic rings. The van der Waals surface area contributed by atoms with E-state index in [1.165, 1.54) is 47.1 Å². The number of nitrogens with one attached hydrogen (secondary N) is 2. The summed E-state index contributed by atoms with van der Waals surface area (Å²) in [4.78, 5) is 211. The van der Waals surface area contributed by atoms with Crippen LogP contribution in [0.5, 0.6) is 0 Å². The maximum absolute atomic E-state index is 12.5. The van der Waals surface area contributed by atoms with Crippen molar-refractivity contribution < 1.29 is 136 Å². The Balaban J connectivity index is 0.000000858. The van der Waals surface area contributed by atoms with Crippen molar-refractivity contribution in [2.75, 3.05) is 247 Å². The number of aliphatic carboxylic acids is 1. The van der Waals surface area contributed by atoms with Gasteiger partial charge in [0, 0.05) is 261 Å². The van der Waals surface area contributed by atoms with Crippen LogP contribution in [0, 0.1) is 20.2 Å². The fraction of sp³-hybridized carbons (Fsp3) is 0.535. The molecule has 10 heterocycles. The molecule has 10 N–H and O–H groups in total. The number of piperazine rings is 7. The zero-order valence-corrected chi connectivity index (χ0v) is 91.1. The molecule has 150 heavy (non-hydrogen) atoms. The Morgan fingerprint density at radius 1 is 0.393 bits per heavy atom. The number of pyridine rings is 3. The van der Waals surface area contributed by atoms with E-state index in [9.17, 15) is 87.4 Å². The standard InChI is InChI=1S/C20H22N4O4.C20H24N4O2.C11H9N3O2.C11H20N2O3.C9H16N2O3.C9H18N2O2.C8H14N2O3.C6H12N2O.C4H8O2.C3H5BrO2.Li.2H2O/c1-15(25)23-11-9-22(10-12-23)14-17(26)13-19-20(24(27)28)8-7-18(21-19)16-5-3-2-4-6-16;1-15(25)24-11-9-23(10-12-24)14-17(26)13-20-18(21)7-8-19(22-20)16-5-3-2-4-6-16;12-11-10(14(15)16)7-6-9(13-11)8-4-2-1-3-5-8;1-9(14)12-5-7-13(8-6-12)10(15)16-11(2,3)4;1-8(12)11-5-3-10(4-6-11)7-9(13)14-2;1-9(2,3)13-8(12)11-6-4-10-5-7-11;1-7(11)10-4-2-9(3-5-10)6-8(12)13;1-6(9)8-4-2-7-3-5-8;1-3-6-4(2)5;1-6-3(5)2-4;;;/h2-8H,9-14H2,1H3;2-8H,9-14,21H2,1H3;1-7H,(H2,12,13);5-8H2,1-4H3;3-7H2,1-2H3;10H,4-7H2,1-3H3;2-6H2,1H3,(H,12,13);7H,2-5H2,1H3;3H2,1-2H3;2H2,1H3;;2*1H2/q;;;;;;;;;;+1;;/p-1. The van der Waals surface area contributed by atoms with E-state index >= 15 is 0 Å². The van der Waals surface area contributed by atoms with Gasteiger partial charge in [-0.25, -0.2) is 19.6 Å². The molecule has 824 valence electrons. The minimum absolute atomic E-state index is 0. The number of ether oxygens (including phenoxy) is 5. The molecule has 0 spiro atoms. The summed E-state index contributed by atoms with van der Waals surface area (Å²) >= 11 is 2.90. The molecule has 0 atom stereocenters. The molecule has 7 saturated heterocycles. The molecule has 7 aliphatic heterocycles. The smallest absolute Gasteiger partial charge is 0.870 e. The predicted octanol–water partition coefficient (Wildman–Crippen LogP) is 2.81. The number of ketones is 2. The number of alkyl halides is 1. The quantitative estimate of drug-likeness (QED) is 0.0194. The number of carbonyl (C=O) groups is 14. The second kappa shape index (κ2) is 71.5. The average Bonchev–Trinajstić information content (AvgIpc) is 0.824. The van der Waals surface area contributed by atoms with Crippen molar-refractivity contribution in [1.29, 1.82) is 0 Å². The van der Waals surface area contributed by atoms with Gasteiger partial charge in [0.2, 0.25) is 41.3 Å². The van der Waals surface area contributed by atoms with Gasteiger partial charge in [-0.1, -0.05) is 107 Å². The average molecular weight is 2160 g/mol. The molecule has 0 saturated carbocycles. The summed E-state index contributed by atoms with van der Waals surface area (Å²) in [6, 6.07) is 38.2. The van der Waals surface area contributed by atoms with Crippen LogP contribution in [-0.2, 0) is 94.1 Å². The van der Waals surface area contributed by atoms with Crippen molar-refractivity contribution in [2.45, 2.75) is 121 Å². The van der Waals surface area contributed by atoms with Gasteiger partial charge < -0.3 is 101 Å². The van der Waals surface area contributed by atoms with Crippen LogP contribution in [0.1, 0.15) is 108 Å². The Bertz CT molecular complexity index is 5190. The van der Waals surface area contributed by atoms with Crippen LogP contribution in [0.3, 0.4) is 0 Å². The van der Waals surface area contributed by atoms with Crippen LogP contribution >= 0.6 is 15.9 Å². The predicted molar refractivity (Wildman–Crippen MR) is 563 cm³/mol. The molecule has 7 fully saturated rings. The number of amides is 8. The normalized spacial score (nSPS) is 15.0. The molecular formula is C101H151BrLiN21O26. The van der Waals surface area contributed by atoms with Crippen molar-refractivity contribution in [1.82, 2.24) is 84.4 Å². The second-order valence-electron chi connectivity index (χ2n) is 36.2. The number of carboxylic acids is 1. The van der Waals surface area contributed by atoms with Crippen molar-refractivity contribution in [2.24, 2.45) is 0 Å². The number of Topliss-reactive ketones (excluding diaryl/α,β-unsaturated/α-hetero) is 2.